The van der Waals surface area contributed by atoms with E-state index in [4.69, 9.17) is 9.47 Å². The van der Waals surface area contributed by atoms with Crippen molar-refractivity contribution in [2.75, 3.05) is 13.7 Å². The van der Waals surface area contributed by atoms with Crippen LogP contribution in [0.4, 0.5) is 0 Å². The van der Waals surface area contributed by atoms with Crippen molar-refractivity contribution in [3.63, 3.8) is 0 Å². The number of rotatable bonds is 8. The Balaban J connectivity index is 1.98. The second kappa shape index (κ2) is 9.53. The van der Waals surface area contributed by atoms with Crippen LogP contribution in [-0.2, 0) is 29.3 Å². The maximum Gasteiger partial charge on any atom is 0.328 e. The maximum atomic E-state index is 12.8. The lowest BCUT2D eigenvalue weighted by molar-refractivity contribution is -0.155. The number of carbonyl (C=O) groups is 3. The summed E-state index contributed by atoms with van der Waals surface area (Å²) in [5.41, 5.74) is 0.251. The number of nitrogens with one attached hydrogen (secondary N) is 1. The fourth-order valence-electron chi connectivity index (χ4n) is 3.68. The largest absolute Gasteiger partial charge is 0.467 e. The van der Waals surface area contributed by atoms with E-state index >= 15 is 0 Å². The van der Waals surface area contributed by atoms with Gasteiger partial charge in [0, 0.05) is 0 Å². The first-order valence-corrected chi connectivity index (χ1v) is 9.49. The first kappa shape index (κ1) is 20.9. The summed E-state index contributed by atoms with van der Waals surface area (Å²) >= 11 is 0. The molecule has 1 N–H and O–H groups in total. The number of esters is 2. The molecule has 1 aromatic carbocycles. The molecule has 0 aromatic heterocycles. The van der Waals surface area contributed by atoms with Crippen LogP contribution in [0, 0.1) is 5.92 Å². The SMILES string of the molecule is COC(=O)[C@@H](CC(C)C)NC(=O)COC(=O)C1(c2ccccc2)CCCC1. The average molecular weight is 375 g/mol. The number of hydrogen-bond donors (Lipinski definition) is 1. The molecule has 0 heterocycles. The van der Waals surface area contributed by atoms with Gasteiger partial charge in [-0.05, 0) is 30.7 Å². The Labute approximate surface area is 160 Å². The molecule has 27 heavy (non-hydrogen) atoms. The van der Waals surface area contributed by atoms with Crippen LogP contribution < -0.4 is 5.32 Å². The van der Waals surface area contributed by atoms with Crippen LogP contribution in [0.3, 0.4) is 0 Å². The second-order valence-electron chi connectivity index (χ2n) is 7.50. The average Bonchev–Trinajstić information content (AvgIpc) is 3.16. The van der Waals surface area contributed by atoms with E-state index in [1.165, 1.54) is 7.11 Å². The molecule has 1 atom stereocenters. The topological polar surface area (TPSA) is 81.7 Å². The predicted octanol–water partition coefficient (Wildman–Crippen LogP) is 2.75. The molecule has 6 heteroatoms. The smallest absolute Gasteiger partial charge is 0.328 e. The minimum atomic E-state index is -0.740. The van der Waals surface area contributed by atoms with Gasteiger partial charge < -0.3 is 14.8 Å². The molecular formula is C21H29NO5. The molecule has 1 aliphatic rings. The molecule has 1 saturated carbocycles. The number of hydrogen-bond acceptors (Lipinski definition) is 5. The van der Waals surface area contributed by atoms with Crippen LogP contribution in [0.25, 0.3) is 0 Å². The molecule has 1 amide bonds. The normalized spacial score (nSPS) is 16.6. The van der Waals surface area contributed by atoms with E-state index in [9.17, 15) is 14.4 Å². The van der Waals surface area contributed by atoms with Gasteiger partial charge in [-0.3, -0.25) is 9.59 Å². The molecule has 0 radical (unpaired) electrons. The molecule has 148 valence electrons. The lowest BCUT2D eigenvalue weighted by atomic mass is 9.79. The molecular weight excluding hydrogens is 346 g/mol. The Morgan fingerprint density at radius 2 is 1.74 bits per heavy atom. The Morgan fingerprint density at radius 3 is 2.30 bits per heavy atom. The summed E-state index contributed by atoms with van der Waals surface area (Å²) in [6.07, 6.45) is 3.80. The van der Waals surface area contributed by atoms with Crippen LogP contribution >= 0.6 is 0 Å². The summed E-state index contributed by atoms with van der Waals surface area (Å²) in [7, 11) is 1.28. The van der Waals surface area contributed by atoms with Crippen molar-refractivity contribution >= 4 is 17.8 Å². The molecule has 0 bridgehead atoms. The van der Waals surface area contributed by atoms with E-state index < -0.39 is 29.9 Å². The van der Waals surface area contributed by atoms with Gasteiger partial charge in [-0.2, -0.15) is 0 Å². The number of carbonyl (C=O) groups excluding carboxylic acids is 3. The molecule has 0 saturated heterocycles. The van der Waals surface area contributed by atoms with Crippen molar-refractivity contribution in [3.05, 3.63) is 35.9 Å². The van der Waals surface area contributed by atoms with E-state index in [0.717, 1.165) is 31.2 Å². The summed E-state index contributed by atoms with van der Waals surface area (Å²) in [5, 5.41) is 2.61. The summed E-state index contributed by atoms with van der Waals surface area (Å²) in [5.74, 6) is -1.17. The number of methoxy groups -OCH3 is 1. The highest BCUT2D eigenvalue weighted by atomic mass is 16.5. The highest BCUT2D eigenvalue weighted by Crippen LogP contribution is 2.42. The van der Waals surface area contributed by atoms with Gasteiger partial charge in [0.2, 0.25) is 0 Å². The Hall–Kier alpha value is -2.37. The molecule has 1 aromatic rings. The molecule has 1 fully saturated rings. The van der Waals surface area contributed by atoms with Gasteiger partial charge in [-0.1, -0.05) is 57.0 Å². The summed E-state index contributed by atoms with van der Waals surface area (Å²) in [6.45, 7) is 3.50. The van der Waals surface area contributed by atoms with Gasteiger partial charge in [-0.25, -0.2) is 4.79 Å². The van der Waals surface area contributed by atoms with E-state index in [1.807, 2.05) is 44.2 Å². The van der Waals surface area contributed by atoms with Gasteiger partial charge in [0.25, 0.3) is 5.91 Å². The maximum absolute atomic E-state index is 12.8. The third-order valence-electron chi connectivity index (χ3n) is 5.04. The first-order valence-electron chi connectivity index (χ1n) is 9.49. The molecule has 0 unspecified atom stereocenters. The number of amides is 1. The highest BCUT2D eigenvalue weighted by Gasteiger charge is 2.44. The fourth-order valence-corrected chi connectivity index (χ4v) is 3.68. The summed E-state index contributed by atoms with van der Waals surface area (Å²) in [4.78, 5) is 36.9. The van der Waals surface area contributed by atoms with Crippen molar-refractivity contribution in [3.8, 4) is 0 Å². The third kappa shape index (κ3) is 5.31. The van der Waals surface area contributed by atoms with Crippen molar-refractivity contribution in [1.29, 1.82) is 0 Å². The standard InChI is InChI=1S/C21H29NO5/c1-15(2)13-17(19(24)26-3)22-18(23)14-27-20(25)21(11-7-8-12-21)16-9-5-4-6-10-16/h4-6,9-10,15,17H,7-8,11-14H2,1-3H3,(H,22,23)/t17-/m1/s1. The molecule has 0 spiro atoms. The summed E-state index contributed by atoms with van der Waals surface area (Å²) < 4.78 is 10.1. The number of benzene rings is 1. The zero-order chi connectivity index (χ0) is 19.9. The lowest BCUT2D eigenvalue weighted by Crippen LogP contribution is -2.45. The van der Waals surface area contributed by atoms with Crippen LogP contribution in [-0.4, -0.2) is 37.6 Å². The van der Waals surface area contributed by atoms with Crippen LogP contribution in [0.5, 0.6) is 0 Å². The van der Waals surface area contributed by atoms with Gasteiger partial charge >= 0.3 is 11.9 Å². The molecule has 2 rings (SSSR count). The van der Waals surface area contributed by atoms with E-state index in [-0.39, 0.29) is 11.9 Å². The summed E-state index contributed by atoms with van der Waals surface area (Å²) in [6, 6.07) is 8.85. The van der Waals surface area contributed by atoms with Crippen LogP contribution in [0.1, 0.15) is 51.5 Å². The Morgan fingerprint density at radius 1 is 1.11 bits per heavy atom. The van der Waals surface area contributed by atoms with Gasteiger partial charge in [-0.15, -0.1) is 0 Å². The quantitative estimate of drug-likeness (QED) is 0.707. The fraction of sp³-hybridized carbons (Fsp3) is 0.571. The monoisotopic (exact) mass is 375 g/mol. The second-order valence-corrected chi connectivity index (χ2v) is 7.50. The van der Waals surface area contributed by atoms with Crippen LogP contribution in [0.2, 0.25) is 0 Å². The zero-order valence-corrected chi connectivity index (χ0v) is 16.3. The predicted molar refractivity (Wildman–Crippen MR) is 101 cm³/mol. The van der Waals surface area contributed by atoms with Crippen molar-refractivity contribution in [1.82, 2.24) is 5.32 Å². The first-order chi connectivity index (χ1) is 12.9. The minimum Gasteiger partial charge on any atom is -0.467 e. The van der Waals surface area contributed by atoms with E-state index in [2.05, 4.69) is 5.32 Å². The third-order valence-corrected chi connectivity index (χ3v) is 5.04. The van der Waals surface area contributed by atoms with Crippen molar-refractivity contribution in [2.24, 2.45) is 5.92 Å². The van der Waals surface area contributed by atoms with Crippen molar-refractivity contribution in [2.45, 2.75) is 57.4 Å². The lowest BCUT2D eigenvalue weighted by Gasteiger charge is -2.27. The van der Waals surface area contributed by atoms with Gasteiger partial charge in [0.05, 0.1) is 12.5 Å². The molecule has 0 aliphatic heterocycles. The minimum absolute atomic E-state index is 0.205. The molecule has 1 aliphatic carbocycles. The zero-order valence-electron chi connectivity index (χ0n) is 16.3. The van der Waals surface area contributed by atoms with E-state index in [0.29, 0.717) is 6.42 Å². The highest BCUT2D eigenvalue weighted by molar-refractivity contribution is 5.88. The van der Waals surface area contributed by atoms with Gasteiger partial charge in [0.15, 0.2) is 6.61 Å². The Kier molecular flexibility index (Phi) is 7.39. The van der Waals surface area contributed by atoms with Gasteiger partial charge in [0.1, 0.15) is 6.04 Å². The van der Waals surface area contributed by atoms with Crippen molar-refractivity contribution < 1.29 is 23.9 Å². The van der Waals surface area contributed by atoms with Crippen LogP contribution in [0.15, 0.2) is 30.3 Å². The Bertz CT molecular complexity index is 650. The van der Waals surface area contributed by atoms with E-state index in [1.54, 1.807) is 0 Å². The number of ether oxygens (including phenoxy) is 2. The molecule has 6 nitrogen and oxygen atoms in total.